The molecule has 26 heavy (non-hydrogen) atoms. The maximum atomic E-state index is 12.8. The van der Waals surface area contributed by atoms with Gasteiger partial charge in [-0.3, -0.25) is 9.59 Å². The Morgan fingerprint density at radius 2 is 2.04 bits per heavy atom. The number of aromatic nitrogens is 4. The highest BCUT2D eigenvalue weighted by molar-refractivity contribution is 5.91. The highest BCUT2D eigenvalue weighted by Gasteiger charge is 2.20. The van der Waals surface area contributed by atoms with E-state index in [1.165, 1.54) is 11.0 Å². The minimum absolute atomic E-state index is 0.122. The van der Waals surface area contributed by atoms with E-state index in [2.05, 4.69) is 15.5 Å². The maximum Gasteiger partial charge on any atom is 0.293 e. The zero-order valence-corrected chi connectivity index (χ0v) is 15.0. The zero-order chi connectivity index (χ0) is 18.3. The Hall–Kier alpha value is -2.96. The summed E-state index contributed by atoms with van der Waals surface area (Å²) in [6, 6.07) is 5.82. The second-order valence-corrected chi connectivity index (χ2v) is 6.89. The number of nitrogens with one attached hydrogen (secondary N) is 1. The van der Waals surface area contributed by atoms with Gasteiger partial charge in [-0.25, -0.2) is 9.20 Å². The molecule has 1 aliphatic rings. The SMILES string of the molecule is Cc1ccc(NC(=O)Cn2ncn3nc4c(c3c2=O)CCCC4)c(C)c1. The molecule has 0 fully saturated rings. The Morgan fingerprint density at radius 1 is 1.23 bits per heavy atom. The van der Waals surface area contributed by atoms with Crippen LogP contribution in [0.4, 0.5) is 5.69 Å². The van der Waals surface area contributed by atoms with Crippen molar-refractivity contribution in [2.75, 3.05) is 5.32 Å². The van der Waals surface area contributed by atoms with Gasteiger partial charge in [0, 0.05) is 11.3 Å². The summed E-state index contributed by atoms with van der Waals surface area (Å²) in [5, 5.41) is 11.4. The molecule has 0 atom stereocenters. The lowest BCUT2D eigenvalue weighted by Crippen LogP contribution is -2.31. The highest BCUT2D eigenvalue weighted by atomic mass is 16.2. The minimum atomic E-state index is -0.274. The summed E-state index contributed by atoms with van der Waals surface area (Å²) in [5.74, 6) is -0.274. The van der Waals surface area contributed by atoms with Crippen LogP contribution in [-0.4, -0.2) is 25.3 Å². The van der Waals surface area contributed by atoms with E-state index in [-0.39, 0.29) is 18.0 Å². The first-order chi connectivity index (χ1) is 12.5. The van der Waals surface area contributed by atoms with E-state index in [0.29, 0.717) is 5.52 Å². The summed E-state index contributed by atoms with van der Waals surface area (Å²) in [6.45, 7) is 3.82. The number of hydrogen-bond donors (Lipinski definition) is 1. The third-order valence-electron chi connectivity index (χ3n) is 4.87. The van der Waals surface area contributed by atoms with Gasteiger partial charge < -0.3 is 5.32 Å². The predicted molar refractivity (Wildman–Crippen MR) is 98.4 cm³/mol. The molecule has 0 radical (unpaired) electrons. The molecule has 0 saturated carbocycles. The van der Waals surface area contributed by atoms with Gasteiger partial charge in [0.25, 0.3) is 5.56 Å². The molecule has 1 aliphatic carbocycles. The Bertz CT molecular complexity index is 1060. The number of hydrogen-bond acceptors (Lipinski definition) is 4. The van der Waals surface area contributed by atoms with Crippen LogP contribution in [0.2, 0.25) is 0 Å². The fourth-order valence-corrected chi connectivity index (χ4v) is 3.56. The van der Waals surface area contributed by atoms with Crippen molar-refractivity contribution >= 4 is 17.1 Å². The number of nitrogens with zero attached hydrogens (tertiary/aromatic N) is 4. The summed E-state index contributed by atoms with van der Waals surface area (Å²) in [5.41, 5.74) is 5.14. The summed E-state index contributed by atoms with van der Waals surface area (Å²) in [7, 11) is 0. The molecule has 2 heterocycles. The topological polar surface area (TPSA) is 81.3 Å². The summed E-state index contributed by atoms with van der Waals surface area (Å²) in [4.78, 5) is 25.2. The summed E-state index contributed by atoms with van der Waals surface area (Å²) < 4.78 is 2.77. The molecule has 2 aromatic heterocycles. The van der Waals surface area contributed by atoms with Crippen LogP contribution in [0, 0.1) is 13.8 Å². The Morgan fingerprint density at radius 3 is 2.85 bits per heavy atom. The van der Waals surface area contributed by atoms with E-state index >= 15 is 0 Å². The second kappa shape index (κ2) is 6.40. The summed E-state index contributed by atoms with van der Waals surface area (Å²) >= 11 is 0. The van der Waals surface area contributed by atoms with Gasteiger partial charge >= 0.3 is 0 Å². The number of carbonyl (C=O) groups excluding carboxylic acids is 1. The van der Waals surface area contributed by atoms with Gasteiger partial charge in [0.1, 0.15) is 18.4 Å². The van der Waals surface area contributed by atoms with Crippen LogP contribution in [0.15, 0.2) is 29.3 Å². The van der Waals surface area contributed by atoms with Gasteiger partial charge in [-0.2, -0.15) is 10.2 Å². The fraction of sp³-hybridized carbons (Fsp3) is 0.368. The average Bonchev–Trinajstić information content (AvgIpc) is 2.99. The standard InChI is InChI=1S/C19H21N5O2/c1-12-7-8-15(13(2)9-12)21-17(25)10-23-19(26)18-14-5-3-4-6-16(14)22-24(18)11-20-23/h7-9,11H,3-6,10H2,1-2H3,(H,21,25). The number of benzene rings is 1. The van der Waals surface area contributed by atoms with E-state index < -0.39 is 0 Å². The quantitative estimate of drug-likeness (QED) is 0.783. The van der Waals surface area contributed by atoms with Gasteiger partial charge in [-0.05, 0) is 51.2 Å². The molecule has 0 unspecified atom stereocenters. The van der Waals surface area contributed by atoms with Crippen LogP contribution < -0.4 is 10.9 Å². The number of anilines is 1. The average molecular weight is 351 g/mol. The van der Waals surface area contributed by atoms with Gasteiger partial charge in [0.05, 0.1) is 5.69 Å². The molecule has 0 spiro atoms. The number of rotatable bonds is 3. The first kappa shape index (κ1) is 16.5. The van der Waals surface area contributed by atoms with E-state index in [0.717, 1.165) is 53.8 Å². The van der Waals surface area contributed by atoms with E-state index in [1.54, 1.807) is 4.52 Å². The van der Waals surface area contributed by atoms with Crippen molar-refractivity contribution in [1.29, 1.82) is 0 Å². The van der Waals surface area contributed by atoms with E-state index in [4.69, 9.17) is 0 Å². The highest BCUT2D eigenvalue weighted by Crippen LogP contribution is 2.22. The second-order valence-electron chi connectivity index (χ2n) is 6.89. The Kier molecular flexibility index (Phi) is 4.06. The van der Waals surface area contributed by atoms with Crippen molar-refractivity contribution in [2.24, 2.45) is 0 Å². The molecule has 1 aromatic carbocycles. The lowest BCUT2D eigenvalue weighted by molar-refractivity contribution is -0.117. The first-order valence-corrected chi connectivity index (χ1v) is 8.86. The minimum Gasteiger partial charge on any atom is -0.324 e. The number of aryl methyl sites for hydroxylation is 4. The van der Waals surface area contributed by atoms with Crippen molar-refractivity contribution in [2.45, 2.75) is 46.1 Å². The molecule has 1 amide bonds. The molecular formula is C19H21N5O2. The van der Waals surface area contributed by atoms with Crippen LogP contribution in [0.1, 0.15) is 35.2 Å². The van der Waals surface area contributed by atoms with Gasteiger partial charge in [-0.15, -0.1) is 0 Å². The smallest absolute Gasteiger partial charge is 0.293 e. The molecule has 134 valence electrons. The van der Waals surface area contributed by atoms with E-state index in [9.17, 15) is 9.59 Å². The van der Waals surface area contributed by atoms with E-state index in [1.807, 2.05) is 32.0 Å². The third-order valence-corrected chi connectivity index (χ3v) is 4.87. The number of carbonyl (C=O) groups is 1. The predicted octanol–water partition coefficient (Wildman–Crippen LogP) is 2.03. The Balaban J connectivity index is 1.61. The molecule has 7 heteroatoms. The van der Waals surface area contributed by atoms with Crippen LogP contribution in [0.25, 0.3) is 5.52 Å². The molecule has 0 aliphatic heterocycles. The molecule has 0 saturated heterocycles. The third kappa shape index (κ3) is 2.89. The van der Waals surface area contributed by atoms with Gasteiger partial charge in [0.15, 0.2) is 0 Å². The van der Waals surface area contributed by atoms with Crippen LogP contribution >= 0.6 is 0 Å². The first-order valence-electron chi connectivity index (χ1n) is 8.86. The van der Waals surface area contributed by atoms with Gasteiger partial charge in [0.2, 0.25) is 5.91 Å². The van der Waals surface area contributed by atoms with Crippen molar-refractivity contribution in [3.05, 3.63) is 57.3 Å². The van der Waals surface area contributed by atoms with Crippen LogP contribution in [-0.2, 0) is 24.2 Å². The van der Waals surface area contributed by atoms with Gasteiger partial charge in [-0.1, -0.05) is 17.7 Å². The van der Waals surface area contributed by atoms with Crippen molar-refractivity contribution < 1.29 is 4.79 Å². The molecule has 0 bridgehead atoms. The lowest BCUT2D eigenvalue weighted by atomic mass is 9.97. The normalized spacial score (nSPS) is 13.6. The lowest BCUT2D eigenvalue weighted by Gasteiger charge is -2.10. The van der Waals surface area contributed by atoms with Crippen LogP contribution in [0.3, 0.4) is 0 Å². The molecule has 1 N–H and O–H groups in total. The molecule has 7 nitrogen and oxygen atoms in total. The van der Waals surface area contributed by atoms with Crippen molar-refractivity contribution in [3.63, 3.8) is 0 Å². The molecular weight excluding hydrogens is 330 g/mol. The fourth-order valence-electron chi connectivity index (χ4n) is 3.56. The maximum absolute atomic E-state index is 12.8. The summed E-state index contributed by atoms with van der Waals surface area (Å²) in [6.07, 6.45) is 5.41. The van der Waals surface area contributed by atoms with Crippen molar-refractivity contribution in [1.82, 2.24) is 19.4 Å². The number of amides is 1. The molecule has 4 rings (SSSR count). The number of fused-ring (bicyclic) bond motifs is 3. The largest absolute Gasteiger partial charge is 0.324 e. The zero-order valence-electron chi connectivity index (χ0n) is 15.0. The van der Waals surface area contributed by atoms with Crippen LogP contribution in [0.5, 0.6) is 0 Å². The Labute approximate surface area is 150 Å². The molecule has 3 aromatic rings. The monoisotopic (exact) mass is 351 g/mol. The van der Waals surface area contributed by atoms with Crippen molar-refractivity contribution in [3.8, 4) is 0 Å².